The molecule has 0 radical (unpaired) electrons. The fraction of sp³-hybridized carbons (Fsp3) is 0.250. The van der Waals surface area contributed by atoms with Gasteiger partial charge in [0.2, 0.25) is 17.6 Å². The number of methoxy groups -OCH3 is 1. The Hall–Kier alpha value is -3.22. The standard InChI is InChI=1S/C20H18FN3O3/c1-12-8-15(6-7-17(12)21)24-11-14(10-18(24)25)20-22-19(23-27-20)13-4-3-5-16(9-13)26-2/h3-9,14H,10-11H2,1-2H3. The molecule has 0 N–H and O–H groups in total. The second-order valence-electron chi connectivity index (χ2n) is 6.53. The molecule has 2 aromatic carbocycles. The Morgan fingerprint density at radius 1 is 1.26 bits per heavy atom. The first-order valence-corrected chi connectivity index (χ1v) is 8.59. The number of amides is 1. The fourth-order valence-corrected chi connectivity index (χ4v) is 3.20. The first-order valence-electron chi connectivity index (χ1n) is 8.59. The molecule has 1 fully saturated rings. The molecule has 3 aromatic rings. The van der Waals surface area contributed by atoms with Crippen molar-refractivity contribution in [1.82, 2.24) is 10.1 Å². The molecule has 1 saturated heterocycles. The van der Waals surface area contributed by atoms with E-state index in [2.05, 4.69) is 10.1 Å². The molecular formula is C20H18FN3O3. The number of carbonyl (C=O) groups is 1. The predicted octanol–water partition coefficient (Wildman–Crippen LogP) is 3.71. The molecule has 138 valence electrons. The molecule has 1 atom stereocenters. The largest absolute Gasteiger partial charge is 0.497 e. The molecule has 0 aliphatic carbocycles. The maximum absolute atomic E-state index is 13.5. The Kier molecular flexibility index (Phi) is 4.35. The van der Waals surface area contributed by atoms with Gasteiger partial charge in [-0.3, -0.25) is 4.79 Å². The first kappa shape index (κ1) is 17.2. The quantitative estimate of drug-likeness (QED) is 0.703. The number of aryl methyl sites for hydroxylation is 1. The van der Waals surface area contributed by atoms with Gasteiger partial charge in [-0.05, 0) is 42.8 Å². The minimum Gasteiger partial charge on any atom is -0.497 e. The van der Waals surface area contributed by atoms with Crippen molar-refractivity contribution < 1.29 is 18.4 Å². The minimum absolute atomic E-state index is 0.0489. The Labute approximate surface area is 155 Å². The predicted molar refractivity (Wildman–Crippen MR) is 97.1 cm³/mol. The van der Waals surface area contributed by atoms with E-state index in [4.69, 9.17) is 9.26 Å². The molecule has 27 heavy (non-hydrogen) atoms. The lowest BCUT2D eigenvalue weighted by Gasteiger charge is -2.16. The fourth-order valence-electron chi connectivity index (χ4n) is 3.20. The summed E-state index contributed by atoms with van der Waals surface area (Å²) in [6, 6.07) is 12.0. The maximum Gasteiger partial charge on any atom is 0.232 e. The zero-order chi connectivity index (χ0) is 19.0. The number of nitrogens with zero attached hydrogens (tertiary/aromatic N) is 3. The number of hydrogen-bond acceptors (Lipinski definition) is 5. The summed E-state index contributed by atoms with van der Waals surface area (Å²) < 4.78 is 24.1. The van der Waals surface area contributed by atoms with Crippen LogP contribution in [0.4, 0.5) is 10.1 Å². The van der Waals surface area contributed by atoms with Gasteiger partial charge in [-0.25, -0.2) is 4.39 Å². The highest BCUT2D eigenvalue weighted by molar-refractivity contribution is 5.96. The highest BCUT2D eigenvalue weighted by Crippen LogP contribution is 2.33. The lowest BCUT2D eigenvalue weighted by atomic mass is 10.1. The number of halogens is 1. The molecule has 4 rings (SSSR count). The van der Waals surface area contributed by atoms with Crippen molar-refractivity contribution in [3.05, 3.63) is 59.7 Å². The lowest BCUT2D eigenvalue weighted by Crippen LogP contribution is -2.24. The van der Waals surface area contributed by atoms with Crippen LogP contribution in [-0.2, 0) is 4.79 Å². The monoisotopic (exact) mass is 367 g/mol. The topological polar surface area (TPSA) is 68.5 Å². The highest BCUT2D eigenvalue weighted by atomic mass is 19.1. The highest BCUT2D eigenvalue weighted by Gasteiger charge is 2.35. The van der Waals surface area contributed by atoms with Gasteiger partial charge in [0, 0.05) is 24.2 Å². The van der Waals surface area contributed by atoms with E-state index in [-0.39, 0.29) is 24.1 Å². The Bertz CT molecular complexity index is 1000. The number of rotatable bonds is 4. The number of carbonyl (C=O) groups excluding carboxylic acids is 1. The van der Waals surface area contributed by atoms with E-state index in [0.29, 0.717) is 35.3 Å². The molecule has 0 spiro atoms. The van der Waals surface area contributed by atoms with Crippen LogP contribution in [0, 0.1) is 12.7 Å². The summed E-state index contributed by atoms with van der Waals surface area (Å²) in [6.45, 7) is 2.10. The second-order valence-corrected chi connectivity index (χ2v) is 6.53. The molecule has 1 aromatic heterocycles. The van der Waals surface area contributed by atoms with E-state index < -0.39 is 0 Å². The van der Waals surface area contributed by atoms with Crippen LogP contribution in [0.1, 0.15) is 23.8 Å². The molecule has 7 heteroatoms. The van der Waals surface area contributed by atoms with Gasteiger partial charge in [0.1, 0.15) is 11.6 Å². The third kappa shape index (κ3) is 3.28. The zero-order valence-corrected chi connectivity index (χ0v) is 15.0. The lowest BCUT2D eigenvalue weighted by molar-refractivity contribution is -0.117. The van der Waals surface area contributed by atoms with E-state index in [9.17, 15) is 9.18 Å². The van der Waals surface area contributed by atoms with E-state index in [1.807, 2.05) is 24.3 Å². The van der Waals surface area contributed by atoms with Crippen LogP contribution < -0.4 is 9.64 Å². The van der Waals surface area contributed by atoms with Crippen molar-refractivity contribution in [2.75, 3.05) is 18.6 Å². The van der Waals surface area contributed by atoms with Crippen LogP contribution in [-0.4, -0.2) is 29.7 Å². The molecule has 1 aliphatic heterocycles. The molecular weight excluding hydrogens is 349 g/mol. The van der Waals surface area contributed by atoms with Crippen molar-refractivity contribution >= 4 is 11.6 Å². The van der Waals surface area contributed by atoms with Crippen LogP contribution in [0.5, 0.6) is 5.75 Å². The van der Waals surface area contributed by atoms with Gasteiger partial charge in [-0.2, -0.15) is 4.98 Å². The van der Waals surface area contributed by atoms with Crippen LogP contribution in [0.25, 0.3) is 11.4 Å². The van der Waals surface area contributed by atoms with Crippen molar-refractivity contribution in [3.8, 4) is 17.1 Å². The van der Waals surface area contributed by atoms with Crippen molar-refractivity contribution in [2.24, 2.45) is 0 Å². The normalized spacial score (nSPS) is 16.8. The van der Waals surface area contributed by atoms with Gasteiger partial charge in [-0.15, -0.1) is 0 Å². The number of hydrogen-bond donors (Lipinski definition) is 0. The Morgan fingerprint density at radius 2 is 2.11 bits per heavy atom. The molecule has 1 unspecified atom stereocenters. The Balaban J connectivity index is 1.55. The summed E-state index contributed by atoms with van der Waals surface area (Å²) in [5.74, 6) is 1.03. The molecule has 0 saturated carbocycles. The van der Waals surface area contributed by atoms with E-state index in [0.717, 1.165) is 5.56 Å². The number of aromatic nitrogens is 2. The van der Waals surface area contributed by atoms with Gasteiger partial charge in [0.25, 0.3) is 0 Å². The molecule has 2 heterocycles. The average Bonchev–Trinajstić information content (AvgIpc) is 3.31. The van der Waals surface area contributed by atoms with Gasteiger partial charge in [0.05, 0.1) is 13.0 Å². The maximum atomic E-state index is 13.5. The van der Waals surface area contributed by atoms with Gasteiger partial charge in [0.15, 0.2) is 0 Å². The van der Waals surface area contributed by atoms with Crippen molar-refractivity contribution in [3.63, 3.8) is 0 Å². The van der Waals surface area contributed by atoms with Gasteiger partial charge < -0.3 is 14.2 Å². The van der Waals surface area contributed by atoms with Gasteiger partial charge in [-0.1, -0.05) is 17.3 Å². The first-order chi connectivity index (χ1) is 13.0. The van der Waals surface area contributed by atoms with E-state index >= 15 is 0 Å². The summed E-state index contributed by atoms with van der Waals surface area (Å²) in [4.78, 5) is 18.5. The number of ether oxygens (including phenoxy) is 1. The summed E-state index contributed by atoms with van der Waals surface area (Å²) in [6.07, 6.45) is 0.274. The smallest absolute Gasteiger partial charge is 0.232 e. The third-order valence-electron chi connectivity index (χ3n) is 4.70. The third-order valence-corrected chi connectivity index (χ3v) is 4.70. The molecule has 6 nitrogen and oxygen atoms in total. The SMILES string of the molecule is COc1cccc(-c2noc(C3CC(=O)N(c4ccc(F)c(C)c4)C3)n2)c1. The van der Waals surface area contributed by atoms with Crippen LogP contribution in [0.2, 0.25) is 0 Å². The summed E-state index contributed by atoms with van der Waals surface area (Å²) >= 11 is 0. The summed E-state index contributed by atoms with van der Waals surface area (Å²) in [5, 5.41) is 4.03. The average molecular weight is 367 g/mol. The summed E-state index contributed by atoms with van der Waals surface area (Å²) in [7, 11) is 1.59. The van der Waals surface area contributed by atoms with Crippen LogP contribution in [0.3, 0.4) is 0 Å². The van der Waals surface area contributed by atoms with Crippen LogP contribution in [0.15, 0.2) is 47.0 Å². The molecule has 1 amide bonds. The molecule has 1 aliphatic rings. The van der Waals surface area contributed by atoms with E-state index in [1.54, 1.807) is 31.1 Å². The van der Waals surface area contributed by atoms with Crippen molar-refractivity contribution in [2.45, 2.75) is 19.3 Å². The Morgan fingerprint density at radius 3 is 2.89 bits per heavy atom. The van der Waals surface area contributed by atoms with Gasteiger partial charge >= 0.3 is 0 Å². The van der Waals surface area contributed by atoms with Crippen LogP contribution >= 0.6 is 0 Å². The number of anilines is 1. The molecule has 0 bridgehead atoms. The zero-order valence-electron chi connectivity index (χ0n) is 15.0. The van der Waals surface area contributed by atoms with E-state index in [1.165, 1.54) is 6.07 Å². The number of benzene rings is 2. The van der Waals surface area contributed by atoms with Crippen molar-refractivity contribution in [1.29, 1.82) is 0 Å². The second kappa shape index (κ2) is 6.83. The minimum atomic E-state index is -0.290. The summed E-state index contributed by atoms with van der Waals surface area (Å²) in [5.41, 5.74) is 1.95.